The van der Waals surface area contributed by atoms with Gasteiger partial charge in [0, 0.05) is 18.3 Å². The molecule has 1 heterocycles. The highest BCUT2D eigenvalue weighted by Gasteiger charge is 2.03. The molecule has 0 aliphatic rings. The van der Waals surface area contributed by atoms with Gasteiger partial charge in [-0.05, 0) is 30.7 Å². The number of nitrogens with one attached hydrogen (secondary N) is 2. The molecule has 0 fully saturated rings. The standard InChI is InChI=1S/C13H14ClN3OS/c1-8-5-10(3-4-11(8)17-9(2)18)15-7-13-16-6-12(14)19-13/h3-6,15H,7H2,1-2H3,(H,17,18). The van der Waals surface area contributed by atoms with E-state index < -0.39 is 0 Å². The summed E-state index contributed by atoms with van der Waals surface area (Å²) in [5.41, 5.74) is 2.82. The predicted molar refractivity (Wildman–Crippen MR) is 79.9 cm³/mol. The molecule has 0 saturated heterocycles. The van der Waals surface area contributed by atoms with Crippen molar-refractivity contribution in [1.82, 2.24) is 4.98 Å². The molecule has 19 heavy (non-hydrogen) atoms. The molecular weight excluding hydrogens is 282 g/mol. The normalized spacial score (nSPS) is 10.3. The van der Waals surface area contributed by atoms with Gasteiger partial charge in [0.15, 0.2) is 0 Å². The van der Waals surface area contributed by atoms with E-state index in [0.717, 1.165) is 21.9 Å². The maximum absolute atomic E-state index is 11.0. The van der Waals surface area contributed by atoms with Gasteiger partial charge in [-0.3, -0.25) is 4.79 Å². The van der Waals surface area contributed by atoms with Gasteiger partial charge in [-0.1, -0.05) is 11.6 Å². The minimum absolute atomic E-state index is 0.0683. The predicted octanol–water partition coefficient (Wildman–Crippen LogP) is 3.68. The summed E-state index contributed by atoms with van der Waals surface area (Å²) in [6, 6.07) is 5.79. The maximum atomic E-state index is 11.0. The van der Waals surface area contributed by atoms with Crippen molar-refractivity contribution in [3.63, 3.8) is 0 Å². The Hall–Kier alpha value is -1.59. The number of hydrogen-bond donors (Lipinski definition) is 2. The number of aryl methyl sites for hydroxylation is 1. The summed E-state index contributed by atoms with van der Waals surface area (Å²) in [6.07, 6.45) is 1.65. The van der Waals surface area contributed by atoms with E-state index in [1.807, 2.05) is 25.1 Å². The zero-order valence-corrected chi connectivity index (χ0v) is 12.2. The van der Waals surface area contributed by atoms with E-state index in [-0.39, 0.29) is 5.91 Å². The van der Waals surface area contributed by atoms with Gasteiger partial charge in [-0.15, -0.1) is 11.3 Å². The lowest BCUT2D eigenvalue weighted by molar-refractivity contribution is -0.114. The van der Waals surface area contributed by atoms with Crippen LogP contribution in [0.1, 0.15) is 17.5 Å². The third-order valence-electron chi connectivity index (χ3n) is 2.51. The second-order valence-corrected chi connectivity index (χ2v) is 5.87. The van der Waals surface area contributed by atoms with Crippen molar-refractivity contribution in [3.8, 4) is 0 Å². The fourth-order valence-corrected chi connectivity index (χ4v) is 2.55. The summed E-state index contributed by atoms with van der Waals surface area (Å²) in [7, 11) is 0. The quantitative estimate of drug-likeness (QED) is 0.905. The minimum Gasteiger partial charge on any atom is -0.379 e. The first kappa shape index (κ1) is 13.8. The molecular formula is C13H14ClN3OS. The zero-order valence-electron chi connectivity index (χ0n) is 10.7. The first-order valence-electron chi connectivity index (χ1n) is 5.77. The van der Waals surface area contributed by atoms with Gasteiger partial charge in [-0.25, -0.2) is 4.98 Å². The molecule has 2 aromatic rings. The van der Waals surface area contributed by atoms with Crippen molar-refractivity contribution >= 4 is 40.2 Å². The van der Waals surface area contributed by atoms with E-state index in [4.69, 9.17) is 11.6 Å². The second kappa shape index (κ2) is 6.04. The van der Waals surface area contributed by atoms with E-state index in [0.29, 0.717) is 10.9 Å². The highest BCUT2D eigenvalue weighted by Crippen LogP contribution is 2.22. The third kappa shape index (κ3) is 3.94. The number of thiazole rings is 1. The van der Waals surface area contributed by atoms with E-state index in [9.17, 15) is 4.79 Å². The number of hydrogen-bond acceptors (Lipinski definition) is 4. The fraction of sp³-hybridized carbons (Fsp3) is 0.231. The number of anilines is 2. The molecule has 1 aromatic heterocycles. The van der Waals surface area contributed by atoms with Gasteiger partial charge in [-0.2, -0.15) is 0 Å². The van der Waals surface area contributed by atoms with E-state index in [1.165, 1.54) is 18.3 Å². The molecule has 2 rings (SSSR count). The van der Waals surface area contributed by atoms with Crippen LogP contribution in [0.15, 0.2) is 24.4 Å². The summed E-state index contributed by atoms with van der Waals surface area (Å²) < 4.78 is 0.689. The van der Waals surface area contributed by atoms with E-state index >= 15 is 0 Å². The fourth-order valence-electron chi connectivity index (χ4n) is 1.65. The minimum atomic E-state index is -0.0683. The molecule has 0 atom stereocenters. The summed E-state index contributed by atoms with van der Waals surface area (Å²) >= 11 is 7.28. The summed E-state index contributed by atoms with van der Waals surface area (Å²) in [4.78, 5) is 15.2. The number of nitrogens with zero attached hydrogens (tertiary/aromatic N) is 1. The molecule has 1 amide bonds. The van der Waals surface area contributed by atoms with Crippen LogP contribution < -0.4 is 10.6 Å². The van der Waals surface area contributed by atoms with Crippen molar-refractivity contribution in [1.29, 1.82) is 0 Å². The van der Waals surface area contributed by atoms with Crippen LogP contribution in [0.5, 0.6) is 0 Å². The number of halogens is 1. The maximum Gasteiger partial charge on any atom is 0.221 e. The second-order valence-electron chi connectivity index (χ2n) is 4.12. The van der Waals surface area contributed by atoms with Crippen LogP contribution in [-0.2, 0) is 11.3 Å². The van der Waals surface area contributed by atoms with Crippen LogP contribution in [0, 0.1) is 6.92 Å². The van der Waals surface area contributed by atoms with Crippen LogP contribution >= 0.6 is 22.9 Å². The molecule has 1 aromatic carbocycles. The number of rotatable bonds is 4. The van der Waals surface area contributed by atoms with Crippen LogP contribution in [0.25, 0.3) is 0 Å². The zero-order chi connectivity index (χ0) is 13.8. The number of carbonyl (C=O) groups is 1. The lowest BCUT2D eigenvalue weighted by Crippen LogP contribution is -2.07. The Labute approximate surface area is 120 Å². The molecule has 0 unspecified atom stereocenters. The summed E-state index contributed by atoms with van der Waals surface area (Å²) in [5.74, 6) is -0.0683. The summed E-state index contributed by atoms with van der Waals surface area (Å²) in [6.45, 7) is 4.09. The van der Waals surface area contributed by atoms with E-state index in [1.54, 1.807) is 6.20 Å². The lowest BCUT2D eigenvalue weighted by Gasteiger charge is -2.10. The van der Waals surface area contributed by atoms with Gasteiger partial charge < -0.3 is 10.6 Å². The topological polar surface area (TPSA) is 54.0 Å². The average Bonchev–Trinajstić information content (AvgIpc) is 2.75. The highest BCUT2D eigenvalue weighted by molar-refractivity contribution is 7.15. The molecule has 4 nitrogen and oxygen atoms in total. The number of amides is 1. The van der Waals surface area contributed by atoms with Crippen molar-refractivity contribution in [3.05, 3.63) is 39.3 Å². The van der Waals surface area contributed by atoms with Crippen molar-refractivity contribution in [2.24, 2.45) is 0 Å². The van der Waals surface area contributed by atoms with Gasteiger partial charge in [0.25, 0.3) is 0 Å². The van der Waals surface area contributed by atoms with Crippen LogP contribution in [0.2, 0.25) is 4.34 Å². The van der Waals surface area contributed by atoms with Crippen LogP contribution in [0.4, 0.5) is 11.4 Å². The van der Waals surface area contributed by atoms with Gasteiger partial charge in [0.05, 0.1) is 12.7 Å². The molecule has 2 N–H and O–H groups in total. The molecule has 100 valence electrons. The Bertz CT molecular complexity index is 597. The Balaban J connectivity index is 2.01. The number of carbonyl (C=O) groups excluding carboxylic acids is 1. The molecule has 0 radical (unpaired) electrons. The van der Waals surface area contributed by atoms with Crippen molar-refractivity contribution < 1.29 is 4.79 Å². The molecule has 0 saturated carbocycles. The lowest BCUT2D eigenvalue weighted by atomic mass is 10.1. The van der Waals surface area contributed by atoms with Crippen molar-refractivity contribution in [2.75, 3.05) is 10.6 Å². The number of benzene rings is 1. The average molecular weight is 296 g/mol. The molecule has 0 aliphatic heterocycles. The monoisotopic (exact) mass is 295 g/mol. The number of aromatic nitrogens is 1. The third-order valence-corrected chi connectivity index (χ3v) is 3.62. The molecule has 0 spiro atoms. The van der Waals surface area contributed by atoms with E-state index in [2.05, 4.69) is 15.6 Å². The molecule has 0 bridgehead atoms. The Kier molecular flexibility index (Phi) is 4.39. The van der Waals surface area contributed by atoms with Crippen LogP contribution in [-0.4, -0.2) is 10.9 Å². The smallest absolute Gasteiger partial charge is 0.221 e. The Morgan fingerprint density at radius 3 is 2.84 bits per heavy atom. The summed E-state index contributed by atoms with van der Waals surface area (Å²) in [5, 5.41) is 6.99. The first-order chi connectivity index (χ1) is 9.04. The van der Waals surface area contributed by atoms with Gasteiger partial charge in [0.2, 0.25) is 5.91 Å². The molecule has 0 aliphatic carbocycles. The SMILES string of the molecule is CC(=O)Nc1ccc(NCc2ncc(Cl)s2)cc1C. The van der Waals surface area contributed by atoms with Crippen LogP contribution in [0.3, 0.4) is 0 Å². The van der Waals surface area contributed by atoms with Gasteiger partial charge >= 0.3 is 0 Å². The Morgan fingerprint density at radius 1 is 1.47 bits per heavy atom. The first-order valence-corrected chi connectivity index (χ1v) is 6.96. The largest absolute Gasteiger partial charge is 0.379 e. The van der Waals surface area contributed by atoms with Gasteiger partial charge in [0.1, 0.15) is 9.34 Å². The highest BCUT2D eigenvalue weighted by atomic mass is 35.5. The molecule has 6 heteroatoms. The van der Waals surface area contributed by atoms with Crippen molar-refractivity contribution in [2.45, 2.75) is 20.4 Å². The Morgan fingerprint density at radius 2 is 2.26 bits per heavy atom.